The number of hydrogen-bond acceptors (Lipinski definition) is 3. The molecule has 1 unspecified atom stereocenters. The van der Waals surface area contributed by atoms with Crippen molar-refractivity contribution in [1.82, 2.24) is 5.32 Å². The van der Waals surface area contributed by atoms with Crippen LogP contribution in [0.4, 0.5) is 18.9 Å². The first-order chi connectivity index (χ1) is 15.1. The van der Waals surface area contributed by atoms with E-state index in [1.807, 2.05) is 19.0 Å². The Kier molecular flexibility index (Phi) is 7.11. The van der Waals surface area contributed by atoms with E-state index >= 15 is 0 Å². The molecule has 3 rings (SSSR count). The van der Waals surface area contributed by atoms with Crippen LogP contribution < -0.4 is 16.0 Å². The molecule has 1 atom stereocenters. The number of carbonyl (C=O) groups excluding carboxylic acids is 2. The SMILES string of the molecule is CN(C)c1ccc(C(C(=O)NC2CCCCC2)c2ccc(C(N)=O)cc2C(F)(F)F)cc1. The zero-order valence-corrected chi connectivity index (χ0v) is 18.2. The van der Waals surface area contributed by atoms with Gasteiger partial charge in [-0.05, 0) is 48.2 Å². The topological polar surface area (TPSA) is 75.4 Å². The van der Waals surface area contributed by atoms with Gasteiger partial charge in [0, 0.05) is 31.4 Å². The monoisotopic (exact) mass is 447 g/mol. The highest BCUT2D eigenvalue weighted by Crippen LogP contribution is 2.39. The van der Waals surface area contributed by atoms with Crippen LogP contribution in [-0.4, -0.2) is 32.0 Å². The van der Waals surface area contributed by atoms with Crippen LogP contribution in [0.5, 0.6) is 0 Å². The summed E-state index contributed by atoms with van der Waals surface area (Å²) >= 11 is 0. The lowest BCUT2D eigenvalue weighted by molar-refractivity contribution is -0.138. The molecule has 1 aliphatic rings. The number of nitrogens with zero attached hydrogens (tertiary/aromatic N) is 1. The highest BCUT2D eigenvalue weighted by Gasteiger charge is 2.38. The van der Waals surface area contributed by atoms with Gasteiger partial charge >= 0.3 is 6.18 Å². The lowest BCUT2D eigenvalue weighted by Crippen LogP contribution is -2.40. The smallest absolute Gasteiger partial charge is 0.378 e. The van der Waals surface area contributed by atoms with Gasteiger partial charge in [-0.3, -0.25) is 9.59 Å². The molecule has 0 bridgehead atoms. The fraction of sp³-hybridized carbons (Fsp3) is 0.417. The van der Waals surface area contributed by atoms with Crippen molar-refractivity contribution in [2.24, 2.45) is 5.73 Å². The van der Waals surface area contributed by atoms with Crippen molar-refractivity contribution >= 4 is 17.5 Å². The molecule has 0 aliphatic heterocycles. The first-order valence-corrected chi connectivity index (χ1v) is 10.7. The average molecular weight is 448 g/mol. The molecule has 2 aromatic rings. The van der Waals surface area contributed by atoms with E-state index < -0.39 is 29.5 Å². The zero-order valence-electron chi connectivity index (χ0n) is 18.2. The van der Waals surface area contributed by atoms with Crippen molar-refractivity contribution in [3.8, 4) is 0 Å². The highest BCUT2D eigenvalue weighted by atomic mass is 19.4. The number of nitrogens with two attached hydrogens (primary N) is 1. The van der Waals surface area contributed by atoms with Crippen LogP contribution in [0.3, 0.4) is 0 Å². The molecule has 3 N–H and O–H groups in total. The van der Waals surface area contributed by atoms with E-state index in [1.54, 1.807) is 24.3 Å². The summed E-state index contributed by atoms with van der Waals surface area (Å²) in [6.45, 7) is 0. The number of amides is 2. The molecule has 8 heteroatoms. The number of benzene rings is 2. The van der Waals surface area contributed by atoms with Crippen LogP contribution in [0.15, 0.2) is 42.5 Å². The van der Waals surface area contributed by atoms with Crippen molar-refractivity contribution in [1.29, 1.82) is 0 Å². The molecule has 0 heterocycles. The van der Waals surface area contributed by atoms with Gasteiger partial charge in [-0.2, -0.15) is 13.2 Å². The number of nitrogens with one attached hydrogen (secondary N) is 1. The first kappa shape index (κ1) is 23.6. The summed E-state index contributed by atoms with van der Waals surface area (Å²) < 4.78 is 41.9. The Morgan fingerprint density at radius 2 is 1.66 bits per heavy atom. The van der Waals surface area contributed by atoms with Gasteiger partial charge in [0.1, 0.15) is 0 Å². The summed E-state index contributed by atoms with van der Waals surface area (Å²) in [6, 6.07) is 9.97. The molecule has 0 saturated heterocycles. The third-order valence-electron chi connectivity index (χ3n) is 5.91. The Balaban J connectivity index is 2.09. The van der Waals surface area contributed by atoms with Crippen LogP contribution in [0.2, 0.25) is 0 Å². The van der Waals surface area contributed by atoms with E-state index in [0.717, 1.165) is 43.9 Å². The van der Waals surface area contributed by atoms with Gasteiger partial charge < -0.3 is 16.0 Å². The minimum absolute atomic E-state index is 0.0565. The maximum Gasteiger partial charge on any atom is 0.416 e. The quantitative estimate of drug-likeness (QED) is 0.687. The number of alkyl halides is 3. The Morgan fingerprint density at radius 3 is 2.19 bits per heavy atom. The molecular formula is C24H28F3N3O2. The van der Waals surface area contributed by atoms with Crippen LogP contribution in [0, 0.1) is 0 Å². The molecule has 172 valence electrons. The lowest BCUT2D eigenvalue weighted by atomic mass is 9.85. The molecule has 2 aromatic carbocycles. The van der Waals surface area contributed by atoms with Crippen molar-refractivity contribution in [3.63, 3.8) is 0 Å². The predicted octanol–water partition coefficient (Wildman–Crippen LogP) is 4.45. The Bertz CT molecular complexity index is 965. The molecule has 5 nitrogen and oxygen atoms in total. The minimum atomic E-state index is -4.76. The fourth-order valence-electron chi connectivity index (χ4n) is 4.18. The number of hydrogen-bond donors (Lipinski definition) is 2. The Hall–Kier alpha value is -3.03. The molecule has 2 amide bonds. The molecule has 1 saturated carbocycles. The molecule has 0 aromatic heterocycles. The molecular weight excluding hydrogens is 419 g/mol. The van der Waals surface area contributed by atoms with Crippen LogP contribution in [0.25, 0.3) is 0 Å². The second-order valence-corrected chi connectivity index (χ2v) is 8.43. The van der Waals surface area contributed by atoms with Crippen molar-refractivity contribution in [3.05, 3.63) is 64.7 Å². The molecule has 0 radical (unpaired) electrons. The van der Waals surface area contributed by atoms with Crippen molar-refractivity contribution in [2.45, 2.75) is 50.2 Å². The van der Waals surface area contributed by atoms with Gasteiger partial charge in [0.05, 0.1) is 11.5 Å². The predicted molar refractivity (Wildman–Crippen MR) is 118 cm³/mol. The maximum atomic E-state index is 14.0. The summed E-state index contributed by atoms with van der Waals surface area (Å²) in [5.41, 5.74) is 5.02. The fourth-order valence-corrected chi connectivity index (χ4v) is 4.18. The van der Waals surface area contributed by atoms with E-state index in [4.69, 9.17) is 5.73 Å². The van der Waals surface area contributed by atoms with Gasteiger partial charge in [-0.25, -0.2) is 0 Å². The summed E-state index contributed by atoms with van der Waals surface area (Å²) in [4.78, 5) is 26.7. The number of primary amides is 1. The largest absolute Gasteiger partial charge is 0.416 e. The number of carbonyl (C=O) groups is 2. The van der Waals surface area contributed by atoms with E-state index in [-0.39, 0.29) is 17.2 Å². The average Bonchev–Trinajstić information content (AvgIpc) is 2.74. The van der Waals surface area contributed by atoms with Crippen LogP contribution >= 0.6 is 0 Å². The molecule has 1 fully saturated rings. The van der Waals surface area contributed by atoms with Gasteiger partial charge in [0.25, 0.3) is 0 Å². The number of halogens is 3. The zero-order chi connectivity index (χ0) is 23.5. The summed E-state index contributed by atoms with van der Waals surface area (Å²) in [5, 5.41) is 2.96. The van der Waals surface area contributed by atoms with Gasteiger partial charge in [0.15, 0.2) is 0 Å². The van der Waals surface area contributed by atoms with E-state index in [2.05, 4.69) is 5.32 Å². The number of anilines is 1. The standard InChI is InChI=1S/C24H28F3N3O2/c1-30(2)18-11-8-15(9-12-18)21(23(32)29-17-6-4-3-5-7-17)19-13-10-16(22(28)31)14-20(19)24(25,26)27/h8-14,17,21H,3-7H2,1-2H3,(H2,28,31)(H,29,32). The molecule has 1 aliphatic carbocycles. The normalized spacial score (nSPS) is 15.8. The molecule has 0 spiro atoms. The Labute approximate surface area is 185 Å². The summed E-state index contributed by atoms with van der Waals surface area (Å²) in [7, 11) is 3.71. The van der Waals surface area contributed by atoms with Gasteiger partial charge in [0.2, 0.25) is 11.8 Å². The lowest BCUT2D eigenvalue weighted by Gasteiger charge is -2.27. The minimum Gasteiger partial charge on any atom is -0.378 e. The van der Waals surface area contributed by atoms with E-state index in [9.17, 15) is 22.8 Å². The second kappa shape index (κ2) is 9.63. The third-order valence-corrected chi connectivity index (χ3v) is 5.91. The second-order valence-electron chi connectivity index (χ2n) is 8.43. The van der Waals surface area contributed by atoms with Crippen LogP contribution in [0.1, 0.15) is 65.1 Å². The van der Waals surface area contributed by atoms with Gasteiger partial charge in [-0.15, -0.1) is 0 Å². The van der Waals surface area contributed by atoms with E-state index in [1.165, 1.54) is 12.1 Å². The Morgan fingerprint density at radius 1 is 1.03 bits per heavy atom. The van der Waals surface area contributed by atoms with Crippen molar-refractivity contribution in [2.75, 3.05) is 19.0 Å². The van der Waals surface area contributed by atoms with Gasteiger partial charge in [-0.1, -0.05) is 37.5 Å². The first-order valence-electron chi connectivity index (χ1n) is 10.7. The van der Waals surface area contributed by atoms with E-state index in [0.29, 0.717) is 5.56 Å². The molecule has 32 heavy (non-hydrogen) atoms. The van der Waals surface area contributed by atoms with Crippen molar-refractivity contribution < 1.29 is 22.8 Å². The maximum absolute atomic E-state index is 14.0. The van der Waals surface area contributed by atoms with Crippen LogP contribution in [-0.2, 0) is 11.0 Å². The summed E-state index contributed by atoms with van der Waals surface area (Å²) in [6.07, 6.45) is -0.0830. The highest BCUT2D eigenvalue weighted by molar-refractivity contribution is 5.94. The third kappa shape index (κ3) is 5.41. The number of rotatable bonds is 6. The summed E-state index contributed by atoms with van der Waals surface area (Å²) in [5.74, 6) is -2.61.